The van der Waals surface area contributed by atoms with E-state index in [1.54, 1.807) is 0 Å². The van der Waals surface area contributed by atoms with Gasteiger partial charge in [-0.2, -0.15) is 0 Å². The summed E-state index contributed by atoms with van der Waals surface area (Å²) in [6.07, 6.45) is 8.19. The van der Waals surface area contributed by atoms with Crippen LogP contribution >= 0.6 is 11.3 Å². The van der Waals surface area contributed by atoms with E-state index in [4.69, 9.17) is 4.98 Å². The number of pyridine rings is 1. The molecular formula is C47H66IrNO2SSi2-. The van der Waals surface area contributed by atoms with Crippen LogP contribution in [0.15, 0.2) is 54.4 Å². The molecule has 0 aliphatic rings. The molecule has 0 saturated heterocycles. The van der Waals surface area contributed by atoms with Crippen molar-refractivity contribution < 1.29 is 30.0 Å². The van der Waals surface area contributed by atoms with E-state index in [9.17, 15) is 9.90 Å². The number of hydrogen-bond donors (Lipinski definition) is 1. The monoisotopic (exact) mass is 957 g/mol. The number of aliphatic hydroxyl groups is 1. The molecule has 0 saturated carbocycles. The number of carbonyl (C=O) groups excluding carboxylic acids is 1. The topological polar surface area (TPSA) is 50.2 Å². The van der Waals surface area contributed by atoms with Crippen LogP contribution in [0, 0.1) is 37.2 Å². The molecule has 295 valence electrons. The van der Waals surface area contributed by atoms with Crippen molar-refractivity contribution in [1.82, 2.24) is 4.98 Å². The van der Waals surface area contributed by atoms with E-state index in [2.05, 4.69) is 123 Å². The number of nitrogens with zero attached hydrogens (tertiary/aromatic N) is 1. The number of fused-ring (bicyclic) bond motifs is 4. The zero-order valence-corrected chi connectivity index (χ0v) is 41.1. The van der Waals surface area contributed by atoms with Crippen LogP contribution in [0.3, 0.4) is 0 Å². The molecule has 3 aromatic carbocycles. The van der Waals surface area contributed by atoms with Crippen LogP contribution in [0.4, 0.5) is 0 Å². The maximum absolute atomic E-state index is 11.7. The van der Waals surface area contributed by atoms with Crippen molar-refractivity contribution in [3.63, 3.8) is 0 Å². The first-order valence-electron chi connectivity index (χ1n) is 19.9. The Bertz CT molecular complexity index is 2120. The number of allylic oxidation sites excluding steroid dienone is 2. The molecule has 5 aromatic rings. The molecule has 1 N–H and O–H groups in total. The molecule has 0 unspecified atom stereocenters. The Morgan fingerprint density at radius 1 is 0.833 bits per heavy atom. The molecule has 0 atom stereocenters. The van der Waals surface area contributed by atoms with Crippen molar-refractivity contribution >= 4 is 74.6 Å². The largest absolute Gasteiger partial charge is 0.512 e. The van der Waals surface area contributed by atoms with Crippen molar-refractivity contribution in [3.05, 3.63) is 77.2 Å². The average Bonchev–Trinajstić information content (AvgIpc) is 3.43. The Labute approximate surface area is 346 Å². The summed E-state index contributed by atoms with van der Waals surface area (Å²) in [5, 5.41) is 18.1. The van der Waals surface area contributed by atoms with E-state index in [-0.39, 0.29) is 48.9 Å². The van der Waals surface area contributed by atoms with Gasteiger partial charge in [-0.15, -0.1) is 40.1 Å². The molecule has 2 heterocycles. The summed E-state index contributed by atoms with van der Waals surface area (Å²) in [5.41, 5.74) is 6.61. The number of carbonyl (C=O) groups is 1. The van der Waals surface area contributed by atoms with Crippen molar-refractivity contribution in [1.29, 1.82) is 0 Å². The van der Waals surface area contributed by atoms with Crippen molar-refractivity contribution in [2.24, 2.45) is 17.3 Å². The van der Waals surface area contributed by atoms with Crippen LogP contribution in [0.1, 0.15) is 90.8 Å². The minimum atomic E-state index is -1.61. The van der Waals surface area contributed by atoms with Crippen LogP contribution in [-0.4, -0.2) is 32.0 Å². The van der Waals surface area contributed by atoms with Crippen LogP contribution < -0.4 is 10.4 Å². The fraction of sp³-hybridized carbons (Fsp3) is 0.489. The predicted molar refractivity (Wildman–Crippen MR) is 241 cm³/mol. The quantitative estimate of drug-likeness (QED) is 0.0621. The Balaban J connectivity index is 0.000000418. The second-order valence-electron chi connectivity index (χ2n) is 18.5. The fourth-order valence-corrected chi connectivity index (χ4v) is 11.8. The van der Waals surface area contributed by atoms with E-state index >= 15 is 0 Å². The van der Waals surface area contributed by atoms with Gasteiger partial charge in [-0.05, 0) is 79.0 Å². The second kappa shape index (κ2) is 18.2. The number of rotatable bonds is 11. The Hall–Kier alpha value is -2.42. The van der Waals surface area contributed by atoms with Crippen LogP contribution in [0.2, 0.25) is 39.3 Å². The average molecular weight is 958 g/mol. The third-order valence-electron chi connectivity index (χ3n) is 10.7. The number of hydrogen-bond acceptors (Lipinski definition) is 4. The van der Waals surface area contributed by atoms with Crippen molar-refractivity contribution in [2.45, 2.75) is 134 Å². The van der Waals surface area contributed by atoms with Gasteiger partial charge in [0, 0.05) is 59.3 Å². The van der Waals surface area contributed by atoms with Gasteiger partial charge in [0.15, 0.2) is 5.78 Å². The molecule has 0 amide bonds. The molecule has 0 bridgehead atoms. The predicted octanol–water partition coefficient (Wildman–Crippen LogP) is 13.2. The van der Waals surface area contributed by atoms with Gasteiger partial charge in [-0.1, -0.05) is 128 Å². The van der Waals surface area contributed by atoms with Crippen LogP contribution in [0.25, 0.3) is 42.2 Å². The molecule has 0 aliphatic carbocycles. The van der Waals surface area contributed by atoms with Crippen LogP contribution in [0.5, 0.6) is 0 Å². The summed E-state index contributed by atoms with van der Waals surface area (Å²) in [4.78, 5) is 16.9. The fourth-order valence-electron chi connectivity index (χ4n) is 7.38. The summed E-state index contributed by atoms with van der Waals surface area (Å²) < 4.78 is 2.71. The molecule has 5 rings (SSSR count). The Kier molecular flexibility index (Phi) is 15.5. The standard InChI is InChI=1S/C34H42NSSi2.C13H24O2.Ir/c1-21-14-24-17-25(18-29(37(6,7)8)27(24)15-22(21)2)32-33-31(30(20-35-32)38(9,10)11)26-13-12-23(16-28(26)36-33)19-34(3,4)5;1-5-10(6-2)12(14)9-13(15)11(7-3)8-4;/h12-16,18,20H,19H2,1-11H3;9-11,14H,5-8H2,1-4H3;/q-1;;/b;12-9-;. The summed E-state index contributed by atoms with van der Waals surface area (Å²) in [6.45, 7) is 34.2. The maximum Gasteiger partial charge on any atom is 0.162 e. The van der Waals surface area contributed by atoms with E-state index < -0.39 is 16.1 Å². The van der Waals surface area contributed by atoms with E-state index in [0.29, 0.717) is 0 Å². The minimum Gasteiger partial charge on any atom is -0.512 e. The number of aryl methyl sites for hydroxylation is 2. The van der Waals surface area contributed by atoms with Crippen molar-refractivity contribution in [2.75, 3.05) is 0 Å². The van der Waals surface area contributed by atoms with Crippen molar-refractivity contribution in [3.8, 4) is 11.3 Å². The van der Waals surface area contributed by atoms with Gasteiger partial charge in [-0.25, -0.2) is 0 Å². The first-order chi connectivity index (χ1) is 24.6. The molecule has 0 aliphatic heterocycles. The van der Waals surface area contributed by atoms with E-state index in [0.717, 1.165) is 43.4 Å². The molecular weight excluding hydrogens is 891 g/mol. The zero-order chi connectivity index (χ0) is 39.6. The first kappa shape index (κ1) is 46.0. The van der Waals surface area contributed by atoms with Gasteiger partial charge in [0.1, 0.15) is 0 Å². The van der Waals surface area contributed by atoms with E-state index in [1.165, 1.54) is 64.1 Å². The molecule has 54 heavy (non-hydrogen) atoms. The normalized spacial score (nSPS) is 12.8. The van der Waals surface area contributed by atoms with Crippen LogP contribution in [-0.2, 0) is 31.3 Å². The van der Waals surface area contributed by atoms with Gasteiger partial charge >= 0.3 is 0 Å². The van der Waals surface area contributed by atoms with E-state index in [1.807, 2.05) is 39.0 Å². The maximum atomic E-state index is 11.7. The number of thiophene rings is 1. The van der Waals surface area contributed by atoms with Gasteiger partial charge < -0.3 is 5.11 Å². The molecule has 1 radical (unpaired) electrons. The second-order valence-corrected chi connectivity index (χ2v) is 29.6. The van der Waals surface area contributed by atoms with Gasteiger partial charge in [0.05, 0.1) is 21.9 Å². The molecule has 7 heteroatoms. The number of aromatic nitrogens is 1. The third kappa shape index (κ3) is 10.7. The van der Waals surface area contributed by atoms with Gasteiger partial charge in [0.2, 0.25) is 0 Å². The SMILES string of the molecule is CCC(CC)C(=O)/C=C(\O)C(CC)CC.Cc1cc2[c-]c(-c3ncc([Si](C)(C)C)c4c3sc3cc(CC(C)(C)C)ccc34)cc([Si](C)(C)C)c2cc1C.[Ir]. The summed E-state index contributed by atoms with van der Waals surface area (Å²) in [5.74, 6) is 0.547. The number of ketones is 1. The Morgan fingerprint density at radius 2 is 1.41 bits per heavy atom. The minimum absolute atomic E-state index is 0. The summed E-state index contributed by atoms with van der Waals surface area (Å²) >= 11 is 1.93. The summed E-state index contributed by atoms with van der Waals surface area (Å²) in [6, 6.07) is 18.1. The molecule has 0 fully saturated rings. The zero-order valence-electron chi connectivity index (χ0n) is 35.9. The number of benzene rings is 3. The molecule has 2 aromatic heterocycles. The third-order valence-corrected chi connectivity index (χ3v) is 15.9. The molecule has 3 nitrogen and oxygen atoms in total. The molecule has 0 spiro atoms. The Morgan fingerprint density at radius 3 is 1.94 bits per heavy atom. The smallest absolute Gasteiger partial charge is 0.162 e. The number of aliphatic hydroxyl groups excluding tert-OH is 1. The van der Waals surface area contributed by atoms with Gasteiger partial charge in [0.25, 0.3) is 0 Å². The first-order valence-corrected chi connectivity index (χ1v) is 27.7. The van der Waals surface area contributed by atoms with Gasteiger partial charge in [-0.3, -0.25) is 9.78 Å². The summed E-state index contributed by atoms with van der Waals surface area (Å²) in [7, 11) is -3.22.